The fourth-order valence-corrected chi connectivity index (χ4v) is 4.53. The average molecular weight is 343 g/mol. The van der Waals surface area contributed by atoms with Crippen molar-refractivity contribution in [2.45, 2.75) is 26.0 Å². The van der Waals surface area contributed by atoms with Crippen LogP contribution < -0.4 is 4.90 Å². The Hall–Kier alpha value is -2.14. The Balaban J connectivity index is 1.75. The monoisotopic (exact) mass is 343 g/mol. The first-order valence-electron chi connectivity index (χ1n) is 8.00. The average Bonchev–Trinajstić information content (AvgIpc) is 2.94. The number of aryl methyl sites for hydroxylation is 2. The van der Waals surface area contributed by atoms with Gasteiger partial charge in [-0.15, -0.1) is 0 Å². The maximum atomic E-state index is 12.5. The first-order valence-corrected chi connectivity index (χ1v) is 9.83. The molecule has 1 amide bonds. The van der Waals surface area contributed by atoms with E-state index in [4.69, 9.17) is 0 Å². The smallest absolute Gasteiger partial charge is 0.242 e. The minimum atomic E-state index is -3.50. The third-order valence-corrected chi connectivity index (χ3v) is 5.85. The molecule has 1 heterocycles. The van der Waals surface area contributed by atoms with Gasteiger partial charge in [0.25, 0.3) is 0 Å². The number of hydrogen-bond acceptors (Lipinski definition) is 3. The molecule has 4 nitrogen and oxygen atoms in total. The van der Waals surface area contributed by atoms with E-state index in [2.05, 4.69) is 0 Å². The van der Waals surface area contributed by atoms with Crippen LogP contribution in [0.15, 0.2) is 42.5 Å². The van der Waals surface area contributed by atoms with E-state index in [1.807, 2.05) is 56.3 Å². The minimum Gasteiger partial charge on any atom is -0.311 e. The minimum absolute atomic E-state index is 0.0955. The van der Waals surface area contributed by atoms with Crippen molar-refractivity contribution < 1.29 is 13.2 Å². The largest absolute Gasteiger partial charge is 0.311 e. The number of carbonyl (C=O) groups is 1. The van der Waals surface area contributed by atoms with Gasteiger partial charge in [0.15, 0.2) is 9.84 Å². The number of carbonyl (C=O) groups excluding carboxylic acids is 1. The molecule has 126 valence electrons. The van der Waals surface area contributed by atoms with Crippen LogP contribution in [0, 0.1) is 13.8 Å². The molecule has 1 aliphatic rings. The lowest BCUT2D eigenvalue weighted by Gasteiger charge is -2.17. The highest BCUT2D eigenvalue weighted by Crippen LogP contribution is 2.27. The van der Waals surface area contributed by atoms with Gasteiger partial charge in [-0.05, 0) is 43.0 Å². The lowest BCUT2D eigenvalue weighted by molar-refractivity contribution is -0.116. The topological polar surface area (TPSA) is 54.5 Å². The molecule has 0 N–H and O–H groups in total. The lowest BCUT2D eigenvalue weighted by atomic mass is 10.1. The number of fused-ring (bicyclic) bond motifs is 1. The summed E-state index contributed by atoms with van der Waals surface area (Å²) in [6.45, 7) is 4.38. The Morgan fingerprint density at radius 1 is 1.12 bits per heavy atom. The number of benzene rings is 2. The third-order valence-electron chi connectivity index (χ3n) is 4.41. The van der Waals surface area contributed by atoms with E-state index in [-0.39, 0.29) is 11.7 Å². The molecule has 0 spiro atoms. The summed E-state index contributed by atoms with van der Waals surface area (Å²) in [7, 11) is -3.50. The highest BCUT2D eigenvalue weighted by molar-refractivity contribution is 7.91. The second kappa shape index (κ2) is 6.40. The summed E-state index contributed by atoms with van der Waals surface area (Å²) >= 11 is 0. The van der Waals surface area contributed by atoms with Gasteiger partial charge < -0.3 is 4.90 Å². The summed E-state index contributed by atoms with van der Waals surface area (Å²) in [5.74, 6) is -0.888. The van der Waals surface area contributed by atoms with Crippen LogP contribution in [0.5, 0.6) is 0 Å². The van der Waals surface area contributed by atoms with Crippen LogP contribution in [-0.4, -0.2) is 26.6 Å². The molecule has 0 bridgehead atoms. The zero-order valence-electron chi connectivity index (χ0n) is 14.0. The zero-order valence-corrected chi connectivity index (χ0v) is 14.8. The van der Waals surface area contributed by atoms with Crippen LogP contribution >= 0.6 is 0 Å². The van der Waals surface area contributed by atoms with Gasteiger partial charge in [-0.2, -0.15) is 0 Å². The molecule has 0 saturated heterocycles. The number of nitrogens with zero attached hydrogens (tertiary/aromatic N) is 1. The zero-order chi connectivity index (χ0) is 17.3. The molecule has 2 aromatic rings. The van der Waals surface area contributed by atoms with Gasteiger partial charge in [-0.1, -0.05) is 42.0 Å². The Morgan fingerprint density at radius 2 is 1.88 bits per heavy atom. The number of amides is 1. The molecule has 0 radical (unpaired) electrons. The molecular weight excluding hydrogens is 322 g/mol. The number of para-hydroxylation sites is 1. The van der Waals surface area contributed by atoms with Crippen molar-refractivity contribution in [1.29, 1.82) is 0 Å². The molecule has 0 aromatic heterocycles. The maximum Gasteiger partial charge on any atom is 0.242 e. The molecule has 3 rings (SSSR count). The van der Waals surface area contributed by atoms with Crippen molar-refractivity contribution in [3.05, 3.63) is 64.7 Å². The lowest BCUT2D eigenvalue weighted by Crippen LogP contribution is -2.34. The third kappa shape index (κ3) is 3.51. The van der Waals surface area contributed by atoms with Gasteiger partial charge in [0, 0.05) is 12.2 Å². The number of hydrogen-bond donors (Lipinski definition) is 0. The van der Waals surface area contributed by atoms with E-state index < -0.39 is 15.6 Å². The summed E-state index contributed by atoms with van der Waals surface area (Å²) in [6, 6.07) is 13.4. The number of rotatable bonds is 4. The Morgan fingerprint density at radius 3 is 2.67 bits per heavy atom. The van der Waals surface area contributed by atoms with Gasteiger partial charge in [-0.3, -0.25) is 4.79 Å². The SMILES string of the molecule is Cc1ccc(C)c(CS(=O)(=O)CC(=O)N2CCc3ccccc32)c1. The predicted octanol–water partition coefficient (Wildman–Crippen LogP) is 2.81. The van der Waals surface area contributed by atoms with Gasteiger partial charge >= 0.3 is 0 Å². The molecule has 1 aliphatic heterocycles. The van der Waals surface area contributed by atoms with E-state index in [1.54, 1.807) is 4.90 Å². The van der Waals surface area contributed by atoms with E-state index in [0.29, 0.717) is 6.54 Å². The standard InChI is InChI=1S/C19H21NO3S/c1-14-7-8-15(2)17(11-14)12-24(22,23)13-19(21)20-10-9-16-5-3-4-6-18(16)20/h3-8,11H,9-10,12-13H2,1-2H3. The summed E-state index contributed by atoms with van der Waals surface area (Å²) < 4.78 is 25.0. The fraction of sp³-hybridized carbons (Fsp3) is 0.316. The predicted molar refractivity (Wildman–Crippen MR) is 95.9 cm³/mol. The molecule has 0 saturated carbocycles. The number of anilines is 1. The molecule has 0 aliphatic carbocycles. The van der Waals surface area contributed by atoms with Crippen molar-refractivity contribution in [1.82, 2.24) is 0 Å². The van der Waals surface area contributed by atoms with Gasteiger partial charge in [0.2, 0.25) is 5.91 Å². The van der Waals surface area contributed by atoms with Crippen LogP contribution in [-0.2, 0) is 26.8 Å². The van der Waals surface area contributed by atoms with Gasteiger partial charge in [0.05, 0.1) is 5.75 Å². The summed E-state index contributed by atoms with van der Waals surface area (Å²) in [5.41, 5.74) is 4.65. The molecular formula is C19H21NO3S. The van der Waals surface area contributed by atoms with Gasteiger partial charge in [-0.25, -0.2) is 8.42 Å². The van der Waals surface area contributed by atoms with Crippen LogP contribution in [0.25, 0.3) is 0 Å². The first-order chi connectivity index (χ1) is 11.4. The highest BCUT2D eigenvalue weighted by Gasteiger charge is 2.28. The van der Waals surface area contributed by atoms with E-state index >= 15 is 0 Å². The Labute approximate surface area is 143 Å². The molecule has 0 unspecified atom stereocenters. The van der Waals surface area contributed by atoms with Crippen molar-refractivity contribution in [3.8, 4) is 0 Å². The van der Waals surface area contributed by atoms with Crippen LogP contribution in [0.3, 0.4) is 0 Å². The molecule has 0 atom stereocenters. The Bertz CT molecular complexity index is 887. The number of sulfone groups is 1. The summed E-state index contributed by atoms with van der Waals surface area (Å²) in [5, 5.41) is 0. The second-order valence-electron chi connectivity index (χ2n) is 6.39. The van der Waals surface area contributed by atoms with E-state index in [1.165, 1.54) is 0 Å². The second-order valence-corrected chi connectivity index (χ2v) is 8.45. The Kier molecular flexibility index (Phi) is 4.45. The van der Waals surface area contributed by atoms with Crippen molar-refractivity contribution >= 4 is 21.4 Å². The summed E-state index contributed by atoms with van der Waals surface area (Å²) in [6.07, 6.45) is 0.777. The van der Waals surface area contributed by atoms with Crippen molar-refractivity contribution in [3.63, 3.8) is 0 Å². The van der Waals surface area contributed by atoms with E-state index in [9.17, 15) is 13.2 Å². The van der Waals surface area contributed by atoms with Gasteiger partial charge in [0.1, 0.15) is 5.75 Å². The van der Waals surface area contributed by atoms with Crippen LogP contribution in [0.4, 0.5) is 5.69 Å². The molecule has 2 aromatic carbocycles. The van der Waals surface area contributed by atoms with E-state index in [0.717, 1.165) is 34.4 Å². The van der Waals surface area contributed by atoms with Crippen LogP contribution in [0.2, 0.25) is 0 Å². The van der Waals surface area contributed by atoms with Crippen molar-refractivity contribution in [2.75, 3.05) is 17.2 Å². The maximum absolute atomic E-state index is 12.5. The van der Waals surface area contributed by atoms with Crippen molar-refractivity contribution in [2.24, 2.45) is 0 Å². The quantitative estimate of drug-likeness (QED) is 0.858. The normalized spacial score (nSPS) is 13.8. The fourth-order valence-electron chi connectivity index (χ4n) is 3.11. The first kappa shape index (κ1) is 16.7. The molecule has 5 heteroatoms. The highest BCUT2D eigenvalue weighted by atomic mass is 32.2. The van der Waals surface area contributed by atoms with Crippen LogP contribution in [0.1, 0.15) is 22.3 Å². The molecule has 0 fully saturated rings. The summed E-state index contributed by atoms with van der Waals surface area (Å²) in [4.78, 5) is 14.1. The molecule has 24 heavy (non-hydrogen) atoms.